The van der Waals surface area contributed by atoms with Crippen molar-refractivity contribution in [1.29, 1.82) is 0 Å². The minimum absolute atomic E-state index is 1.08. The molecule has 0 spiro atoms. The van der Waals surface area contributed by atoms with Crippen LogP contribution >= 0.6 is 0 Å². The van der Waals surface area contributed by atoms with Gasteiger partial charge in [-0.25, -0.2) is 0 Å². The summed E-state index contributed by atoms with van der Waals surface area (Å²) in [5.41, 5.74) is 21.1. The van der Waals surface area contributed by atoms with Crippen LogP contribution in [0.5, 0.6) is 0 Å². The Morgan fingerprint density at radius 1 is 0.222 bits per heavy atom. The summed E-state index contributed by atoms with van der Waals surface area (Å²) >= 11 is 0. The molecule has 0 atom stereocenters. The summed E-state index contributed by atoms with van der Waals surface area (Å²) in [6.45, 7) is 0. The van der Waals surface area contributed by atoms with E-state index in [1.165, 1.54) is 88.2 Å². The van der Waals surface area contributed by atoms with Crippen molar-refractivity contribution in [2.45, 2.75) is 0 Å². The van der Waals surface area contributed by atoms with Crippen LogP contribution < -0.4 is 4.90 Å². The van der Waals surface area contributed by atoms with Gasteiger partial charge in [0.1, 0.15) is 0 Å². The topological polar surface area (TPSA) is 8.17 Å². The fourth-order valence-corrected chi connectivity index (χ4v) is 10.7. The van der Waals surface area contributed by atoms with E-state index in [-0.39, 0.29) is 0 Å². The highest BCUT2D eigenvalue weighted by Crippen LogP contribution is 2.43. The molecule has 2 nitrogen and oxygen atoms in total. The summed E-state index contributed by atoms with van der Waals surface area (Å²) in [6, 6.07) is 106. The maximum Gasteiger partial charge on any atom is 0.0541 e. The lowest BCUT2D eigenvalue weighted by atomic mass is 9.87. The lowest BCUT2D eigenvalue weighted by Gasteiger charge is -2.26. The first-order valence-electron chi connectivity index (χ1n) is 24.7. The van der Waals surface area contributed by atoms with E-state index < -0.39 is 0 Å². The molecule has 1 aromatic heterocycles. The first kappa shape index (κ1) is 42.6. The van der Waals surface area contributed by atoms with Crippen molar-refractivity contribution >= 4 is 49.6 Å². The zero-order valence-corrected chi connectivity index (χ0v) is 39.6. The molecule has 0 saturated carbocycles. The molecule has 0 saturated heterocycles. The summed E-state index contributed by atoms with van der Waals surface area (Å²) in [5, 5.41) is 5.02. The standard InChI is InChI=1S/C70H48N2/c1-2-17-53(18-3-1)61-20-6-8-22-63(61)65-24-10-11-25-66(65)64-23-9-7-21-62(64)54-38-46-59(47-39-54)71(58-42-36-52(37-43-58)56-31-30-49-16-4-5-19-55(49)48-56)57-40-32-50(33-41-57)51-34-44-60(45-35-51)72-69-28-14-12-26-67(69)68-27-13-15-29-70(68)72/h1-48H. The summed E-state index contributed by atoms with van der Waals surface area (Å²) in [5.74, 6) is 0. The molecule has 0 unspecified atom stereocenters. The Hall–Kier alpha value is -9.50. The monoisotopic (exact) mass is 916 g/mol. The third-order valence-electron chi connectivity index (χ3n) is 14.3. The van der Waals surface area contributed by atoms with Crippen LogP contribution in [0.1, 0.15) is 0 Å². The molecule has 0 N–H and O–H groups in total. The number of fused-ring (bicyclic) bond motifs is 4. The molecule has 0 fully saturated rings. The summed E-state index contributed by atoms with van der Waals surface area (Å²) < 4.78 is 2.37. The second-order valence-corrected chi connectivity index (χ2v) is 18.5. The molecular formula is C70H48N2. The minimum Gasteiger partial charge on any atom is -0.311 e. The third-order valence-corrected chi connectivity index (χ3v) is 14.3. The maximum atomic E-state index is 2.37. The molecule has 72 heavy (non-hydrogen) atoms. The quantitative estimate of drug-likeness (QED) is 0.133. The third kappa shape index (κ3) is 7.82. The van der Waals surface area contributed by atoms with Crippen LogP contribution in [0.3, 0.4) is 0 Å². The number of aromatic nitrogens is 1. The Morgan fingerprint density at radius 3 is 1.08 bits per heavy atom. The van der Waals surface area contributed by atoms with E-state index in [0.29, 0.717) is 0 Å². The highest BCUT2D eigenvalue weighted by atomic mass is 15.1. The van der Waals surface area contributed by atoms with E-state index in [1.54, 1.807) is 0 Å². The number of benzene rings is 12. The Bertz CT molecular complexity index is 4000. The van der Waals surface area contributed by atoms with Gasteiger partial charge in [0.25, 0.3) is 0 Å². The van der Waals surface area contributed by atoms with Gasteiger partial charge in [0.05, 0.1) is 11.0 Å². The lowest BCUT2D eigenvalue weighted by Crippen LogP contribution is -2.09. The van der Waals surface area contributed by atoms with Crippen LogP contribution in [0.15, 0.2) is 291 Å². The summed E-state index contributed by atoms with van der Waals surface area (Å²) in [4.78, 5) is 2.37. The highest BCUT2D eigenvalue weighted by molar-refractivity contribution is 6.09. The number of hydrogen-bond donors (Lipinski definition) is 0. The number of anilines is 3. The molecule has 0 radical (unpaired) electrons. The zero-order chi connectivity index (χ0) is 47.8. The van der Waals surface area contributed by atoms with Crippen LogP contribution in [0.2, 0.25) is 0 Å². The molecule has 338 valence electrons. The molecule has 12 aromatic carbocycles. The van der Waals surface area contributed by atoms with Crippen LogP contribution in [-0.2, 0) is 0 Å². The van der Waals surface area contributed by atoms with Gasteiger partial charge in [0.15, 0.2) is 0 Å². The Balaban J connectivity index is 0.856. The van der Waals surface area contributed by atoms with Crippen LogP contribution in [0.4, 0.5) is 17.1 Å². The second-order valence-electron chi connectivity index (χ2n) is 18.5. The molecule has 0 bridgehead atoms. The average Bonchev–Trinajstić information content (AvgIpc) is 3.80. The van der Waals surface area contributed by atoms with Crippen molar-refractivity contribution in [3.8, 4) is 72.4 Å². The predicted octanol–water partition coefficient (Wildman–Crippen LogP) is 19.4. The zero-order valence-electron chi connectivity index (χ0n) is 39.6. The van der Waals surface area contributed by atoms with Gasteiger partial charge < -0.3 is 9.47 Å². The normalized spacial score (nSPS) is 11.3. The van der Waals surface area contributed by atoms with E-state index >= 15 is 0 Å². The molecule has 2 heteroatoms. The molecular weight excluding hydrogens is 869 g/mol. The molecule has 0 amide bonds. The SMILES string of the molecule is c1ccc(-c2ccccc2-c2ccccc2-c2ccccc2-c2ccc(N(c3ccc(-c4ccc(-n5c6ccccc6c6ccccc65)cc4)cc3)c3ccc(-c4ccc5ccccc5c4)cc3)cc2)cc1. The average molecular weight is 917 g/mol. The predicted molar refractivity (Wildman–Crippen MR) is 306 cm³/mol. The Labute approximate surface area is 420 Å². The van der Waals surface area contributed by atoms with Gasteiger partial charge in [-0.2, -0.15) is 0 Å². The Morgan fingerprint density at radius 2 is 0.569 bits per heavy atom. The van der Waals surface area contributed by atoms with Gasteiger partial charge in [-0.3, -0.25) is 0 Å². The van der Waals surface area contributed by atoms with Crippen molar-refractivity contribution in [2.24, 2.45) is 0 Å². The van der Waals surface area contributed by atoms with Crippen LogP contribution in [-0.4, -0.2) is 4.57 Å². The molecule has 1 heterocycles. The Kier molecular flexibility index (Phi) is 10.9. The van der Waals surface area contributed by atoms with Crippen LogP contribution in [0, 0.1) is 0 Å². The summed E-state index contributed by atoms with van der Waals surface area (Å²) in [7, 11) is 0. The number of hydrogen-bond acceptors (Lipinski definition) is 1. The first-order valence-corrected chi connectivity index (χ1v) is 24.7. The van der Waals surface area contributed by atoms with Gasteiger partial charge >= 0.3 is 0 Å². The van der Waals surface area contributed by atoms with Gasteiger partial charge in [0, 0.05) is 33.5 Å². The maximum absolute atomic E-state index is 2.37. The fraction of sp³-hybridized carbons (Fsp3) is 0. The van der Waals surface area contributed by atoms with Crippen molar-refractivity contribution in [1.82, 2.24) is 4.57 Å². The number of rotatable bonds is 10. The van der Waals surface area contributed by atoms with E-state index in [9.17, 15) is 0 Å². The van der Waals surface area contributed by atoms with E-state index in [2.05, 4.69) is 301 Å². The van der Waals surface area contributed by atoms with E-state index in [4.69, 9.17) is 0 Å². The number of nitrogens with zero attached hydrogens (tertiary/aromatic N) is 2. The number of para-hydroxylation sites is 2. The van der Waals surface area contributed by atoms with Crippen molar-refractivity contribution < 1.29 is 0 Å². The van der Waals surface area contributed by atoms with Gasteiger partial charge in [0.2, 0.25) is 0 Å². The lowest BCUT2D eigenvalue weighted by molar-refractivity contribution is 1.18. The fourth-order valence-electron chi connectivity index (χ4n) is 10.7. The van der Waals surface area contributed by atoms with E-state index in [1.807, 2.05) is 0 Å². The molecule has 13 aromatic rings. The molecule has 0 aliphatic heterocycles. The first-order chi connectivity index (χ1) is 35.7. The van der Waals surface area contributed by atoms with Crippen molar-refractivity contribution in [3.05, 3.63) is 291 Å². The van der Waals surface area contributed by atoms with Crippen LogP contribution in [0.25, 0.3) is 105 Å². The molecule has 13 rings (SSSR count). The second kappa shape index (κ2) is 18.4. The largest absolute Gasteiger partial charge is 0.311 e. The highest BCUT2D eigenvalue weighted by Gasteiger charge is 2.18. The van der Waals surface area contributed by atoms with Gasteiger partial charge in [-0.05, 0) is 144 Å². The smallest absolute Gasteiger partial charge is 0.0541 e. The van der Waals surface area contributed by atoms with Gasteiger partial charge in [-0.1, -0.05) is 224 Å². The summed E-state index contributed by atoms with van der Waals surface area (Å²) in [6.07, 6.45) is 0. The van der Waals surface area contributed by atoms with Crippen molar-refractivity contribution in [2.75, 3.05) is 4.90 Å². The van der Waals surface area contributed by atoms with E-state index in [0.717, 1.165) is 33.9 Å². The van der Waals surface area contributed by atoms with Gasteiger partial charge in [-0.15, -0.1) is 0 Å². The molecule has 0 aliphatic carbocycles. The van der Waals surface area contributed by atoms with Crippen molar-refractivity contribution in [3.63, 3.8) is 0 Å². The minimum atomic E-state index is 1.08. The molecule has 0 aliphatic rings.